The van der Waals surface area contributed by atoms with Gasteiger partial charge in [0.2, 0.25) is 11.8 Å². The minimum absolute atomic E-state index is 0.163. The van der Waals surface area contributed by atoms with E-state index in [2.05, 4.69) is 32.2 Å². The molecule has 2 bridgehead atoms. The highest BCUT2D eigenvalue weighted by atomic mass is 19.1. The third-order valence-electron chi connectivity index (χ3n) is 6.36. The normalized spacial score (nSPS) is 17.5. The molecule has 184 valence electrons. The van der Waals surface area contributed by atoms with Crippen molar-refractivity contribution in [1.82, 2.24) is 34.7 Å². The quantitative estimate of drug-likeness (QED) is 0.478. The molecule has 1 aliphatic rings. The average molecular weight is 480 g/mol. The number of hydrogen-bond acceptors (Lipinski definition) is 6. The zero-order valence-corrected chi connectivity index (χ0v) is 20.7. The van der Waals surface area contributed by atoms with Crippen molar-refractivity contribution in [3.05, 3.63) is 41.1 Å². The predicted octanol–water partition coefficient (Wildman–Crippen LogP) is 4.01. The Balaban J connectivity index is 1.72. The highest BCUT2D eigenvalue weighted by molar-refractivity contribution is 5.93. The van der Waals surface area contributed by atoms with Gasteiger partial charge in [-0.25, -0.2) is 9.07 Å². The summed E-state index contributed by atoms with van der Waals surface area (Å²) in [6.07, 6.45) is 5.38. The average Bonchev–Trinajstić information content (AvgIpc) is 3.47. The van der Waals surface area contributed by atoms with E-state index >= 15 is 4.39 Å². The maximum Gasteiger partial charge on any atom is 0.240 e. The molecule has 0 saturated heterocycles. The van der Waals surface area contributed by atoms with Crippen LogP contribution in [0.4, 0.5) is 4.39 Å². The summed E-state index contributed by atoms with van der Waals surface area (Å²) in [6, 6.07) is 3.27. The number of ether oxygens (including phenoxy) is 2. The standard InChI is InChI=1S/C25H30FN7O2/c1-6-33-13-15(3)35-25-19(12-27-32(25)5)17-10-18-21(28-29-22(18)11-20(17)26)9-8-16-23(14-33)31(4)30-24(16)34-7-2/h8-12,15H,6-7,13-14H2,1-5H3,(H,28,29)/b9-8+/t15-/m0/s1. The molecule has 0 spiro atoms. The second-order valence-electron chi connectivity index (χ2n) is 8.79. The van der Waals surface area contributed by atoms with E-state index in [4.69, 9.17) is 9.47 Å². The zero-order chi connectivity index (χ0) is 24.7. The third-order valence-corrected chi connectivity index (χ3v) is 6.36. The lowest BCUT2D eigenvalue weighted by Crippen LogP contribution is -2.34. The molecule has 1 aromatic carbocycles. The Morgan fingerprint density at radius 2 is 2.00 bits per heavy atom. The summed E-state index contributed by atoms with van der Waals surface area (Å²) in [4.78, 5) is 2.29. The molecule has 0 saturated carbocycles. The number of aryl methyl sites for hydroxylation is 2. The SMILES string of the molecule is CCOc1nn(C)c2c1/C=C/c1n[nH]c3cc(F)c(cc13)-c1cnn(C)c1O[C@@H](C)CN(CC)C2. The van der Waals surface area contributed by atoms with Crippen LogP contribution in [0, 0.1) is 5.82 Å². The summed E-state index contributed by atoms with van der Waals surface area (Å²) in [7, 11) is 3.73. The van der Waals surface area contributed by atoms with E-state index in [-0.39, 0.29) is 11.9 Å². The summed E-state index contributed by atoms with van der Waals surface area (Å²) in [5.74, 6) is 0.743. The number of fused-ring (bicyclic) bond motifs is 4. The molecule has 1 aliphatic heterocycles. The van der Waals surface area contributed by atoms with Crippen LogP contribution in [0.25, 0.3) is 34.2 Å². The Labute approximate surface area is 203 Å². The number of aromatic amines is 1. The Hall–Kier alpha value is -3.66. The summed E-state index contributed by atoms with van der Waals surface area (Å²) >= 11 is 0. The first-order valence-electron chi connectivity index (χ1n) is 11.8. The number of benzene rings is 1. The fourth-order valence-electron chi connectivity index (χ4n) is 4.56. The van der Waals surface area contributed by atoms with Gasteiger partial charge in [0.15, 0.2) is 0 Å². The summed E-state index contributed by atoms with van der Waals surface area (Å²) < 4.78 is 30.9. The first-order valence-corrected chi connectivity index (χ1v) is 11.8. The van der Waals surface area contributed by atoms with E-state index in [0.717, 1.165) is 23.2 Å². The molecule has 4 heterocycles. The number of nitrogens with one attached hydrogen (secondary N) is 1. The van der Waals surface area contributed by atoms with Crippen molar-refractivity contribution in [2.75, 3.05) is 19.7 Å². The Morgan fingerprint density at radius 1 is 1.17 bits per heavy atom. The molecular formula is C25H30FN7O2. The maximum atomic E-state index is 15.2. The van der Waals surface area contributed by atoms with Crippen LogP contribution in [-0.4, -0.2) is 60.5 Å². The Bertz CT molecular complexity index is 1400. The van der Waals surface area contributed by atoms with Crippen molar-refractivity contribution in [2.45, 2.75) is 33.4 Å². The minimum atomic E-state index is -0.366. The number of likely N-dealkylation sites (N-methyl/N-ethyl adjacent to an activating group) is 1. The van der Waals surface area contributed by atoms with Crippen molar-refractivity contribution < 1.29 is 13.9 Å². The lowest BCUT2D eigenvalue weighted by Gasteiger charge is -2.25. The van der Waals surface area contributed by atoms with Gasteiger partial charge in [-0.15, -0.1) is 5.10 Å². The summed E-state index contributed by atoms with van der Waals surface area (Å²) in [5, 5.41) is 17.2. The van der Waals surface area contributed by atoms with E-state index in [9.17, 15) is 0 Å². The lowest BCUT2D eigenvalue weighted by molar-refractivity contribution is 0.134. The van der Waals surface area contributed by atoms with Gasteiger partial charge in [-0.3, -0.25) is 14.7 Å². The van der Waals surface area contributed by atoms with Crippen LogP contribution in [-0.2, 0) is 20.6 Å². The molecule has 0 fully saturated rings. The first kappa shape index (κ1) is 23.1. The minimum Gasteiger partial charge on any atom is -0.476 e. The molecule has 0 radical (unpaired) electrons. The fourth-order valence-corrected chi connectivity index (χ4v) is 4.56. The van der Waals surface area contributed by atoms with Gasteiger partial charge in [-0.05, 0) is 38.6 Å². The lowest BCUT2D eigenvalue weighted by atomic mass is 10.0. The molecule has 0 unspecified atom stereocenters. The summed E-state index contributed by atoms with van der Waals surface area (Å²) in [5.41, 5.74) is 4.27. The van der Waals surface area contributed by atoms with Crippen LogP contribution in [0.3, 0.4) is 0 Å². The van der Waals surface area contributed by atoms with E-state index in [1.807, 2.05) is 37.7 Å². The van der Waals surface area contributed by atoms with Crippen LogP contribution in [0.5, 0.6) is 11.8 Å². The van der Waals surface area contributed by atoms with Gasteiger partial charge < -0.3 is 9.47 Å². The summed E-state index contributed by atoms with van der Waals surface area (Å²) in [6.45, 7) is 8.74. The van der Waals surface area contributed by atoms with E-state index in [0.29, 0.717) is 53.8 Å². The van der Waals surface area contributed by atoms with Gasteiger partial charge in [0, 0.05) is 44.2 Å². The second-order valence-corrected chi connectivity index (χ2v) is 8.79. The Morgan fingerprint density at radius 3 is 2.77 bits per heavy atom. The van der Waals surface area contributed by atoms with Crippen LogP contribution in [0.1, 0.15) is 37.7 Å². The molecule has 9 nitrogen and oxygen atoms in total. The third kappa shape index (κ3) is 4.18. The van der Waals surface area contributed by atoms with Crippen LogP contribution >= 0.6 is 0 Å². The molecule has 5 rings (SSSR count). The maximum absolute atomic E-state index is 15.2. The molecule has 4 aromatic rings. The van der Waals surface area contributed by atoms with Crippen LogP contribution in [0.15, 0.2) is 18.3 Å². The van der Waals surface area contributed by atoms with Gasteiger partial charge in [0.25, 0.3) is 0 Å². The molecule has 10 heteroatoms. The van der Waals surface area contributed by atoms with Crippen molar-refractivity contribution in [1.29, 1.82) is 0 Å². The second kappa shape index (κ2) is 9.18. The fraction of sp³-hybridized carbons (Fsp3) is 0.400. The molecule has 0 amide bonds. The first-order chi connectivity index (χ1) is 16.9. The van der Waals surface area contributed by atoms with E-state index in [1.54, 1.807) is 24.0 Å². The number of aromatic nitrogens is 6. The predicted molar refractivity (Wildman–Crippen MR) is 133 cm³/mol. The highest BCUT2D eigenvalue weighted by Gasteiger charge is 2.23. The number of hydrogen-bond donors (Lipinski definition) is 1. The number of rotatable bonds is 3. The largest absolute Gasteiger partial charge is 0.476 e. The van der Waals surface area contributed by atoms with Crippen molar-refractivity contribution in [3.63, 3.8) is 0 Å². The molecule has 1 N–H and O–H groups in total. The molecule has 3 aromatic heterocycles. The van der Waals surface area contributed by atoms with Crippen LogP contribution in [0.2, 0.25) is 0 Å². The molecule has 35 heavy (non-hydrogen) atoms. The van der Waals surface area contributed by atoms with Gasteiger partial charge in [-0.2, -0.15) is 10.2 Å². The number of nitrogens with zero attached hydrogens (tertiary/aromatic N) is 6. The van der Waals surface area contributed by atoms with Crippen LogP contribution < -0.4 is 9.47 Å². The smallest absolute Gasteiger partial charge is 0.240 e. The van der Waals surface area contributed by atoms with Gasteiger partial charge in [0.1, 0.15) is 11.9 Å². The van der Waals surface area contributed by atoms with E-state index < -0.39 is 0 Å². The molecular weight excluding hydrogens is 449 g/mol. The topological polar surface area (TPSA) is 86.0 Å². The number of H-pyrrole nitrogens is 1. The number of halogens is 1. The molecule has 0 aliphatic carbocycles. The van der Waals surface area contributed by atoms with Gasteiger partial charge >= 0.3 is 0 Å². The molecule has 1 atom stereocenters. The Kier molecular flexibility index (Phi) is 6.06. The van der Waals surface area contributed by atoms with Crippen molar-refractivity contribution >= 4 is 23.1 Å². The van der Waals surface area contributed by atoms with E-state index in [1.165, 1.54) is 6.07 Å². The van der Waals surface area contributed by atoms with Gasteiger partial charge in [-0.1, -0.05) is 6.92 Å². The highest BCUT2D eigenvalue weighted by Crippen LogP contribution is 2.36. The van der Waals surface area contributed by atoms with Crippen molar-refractivity contribution in [2.24, 2.45) is 14.1 Å². The van der Waals surface area contributed by atoms with Gasteiger partial charge in [0.05, 0.1) is 40.8 Å². The van der Waals surface area contributed by atoms with Crippen molar-refractivity contribution in [3.8, 4) is 22.9 Å². The monoisotopic (exact) mass is 479 g/mol. The zero-order valence-electron chi connectivity index (χ0n) is 20.7.